The van der Waals surface area contributed by atoms with E-state index in [4.69, 9.17) is 0 Å². The second-order valence-electron chi connectivity index (χ2n) is 7.96. The van der Waals surface area contributed by atoms with E-state index in [0.29, 0.717) is 29.4 Å². The molecule has 21 heavy (non-hydrogen) atoms. The average Bonchev–Trinajstić information content (AvgIpc) is 2.76. The van der Waals surface area contributed by atoms with Gasteiger partial charge in [-0.2, -0.15) is 0 Å². The van der Waals surface area contributed by atoms with Crippen LogP contribution in [0.15, 0.2) is 18.2 Å². The minimum atomic E-state index is -0.0972. The van der Waals surface area contributed by atoms with E-state index in [1.807, 2.05) is 12.1 Å². The summed E-state index contributed by atoms with van der Waals surface area (Å²) in [4.78, 5) is 0. The molecule has 2 saturated carbocycles. The maximum atomic E-state index is 10.4. The van der Waals surface area contributed by atoms with Gasteiger partial charge in [-0.05, 0) is 84.5 Å². The highest BCUT2D eigenvalue weighted by molar-refractivity contribution is 5.42. The van der Waals surface area contributed by atoms with Gasteiger partial charge in [0.25, 0.3) is 0 Å². The van der Waals surface area contributed by atoms with Gasteiger partial charge in [-0.25, -0.2) is 0 Å². The molecular weight excluding hydrogens is 260 g/mol. The van der Waals surface area contributed by atoms with Gasteiger partial charge < -0.3 is 10.2 Å². The number of benzene rings is 1. The van der Waals surface area contributed by atoms with Crippen molar-refractivity contribution in [2.75, 3.05) is 0 Å². The number of phenolic OH excluding ortho intramolecular Hbond substituents is 1. The highest BCUT2D eigenvalue weighted by Crippen LogP contribution is 2.62. The Balaban J connectivity index is 1.75. The number of phenols is 1. The lowest BCUT2D eigenvalue weighted by Crippen LogP contribution is -2.44. The van der Waals surface area contributed by atoms with E-state index in [2.05, 4.69) is 19.9 Å². The van der Waals surface area contributed by atoms with Crippen molar-refractivity contribution in [2.45, 2.75) is 63.9 Å². The van der Waals surface area contributed by atoms with Crippen LogP contribution in [0.4, 0.5) is 0 Å². The minimum Gasteiger partial charge on any atom is -0.508 e. The Morgan fingerprint density at radius 2 is 1.95 bits per heavy atom. The summed E-state index contributed by atoms with van der Waals surface area (Å²) in [5.41, 5.74) is 2.98. The van der Waals surface area contributed by atoms with E-state index >= 15 is 0 Å². The SMILES string of the molecule is C[C@H]1CC2C(CCC3(C)C(O)CCC23)c2ccc(O)cc21. The van der Waals surface area contributed by atoms with Crippen LogP contribution in [0, 0.1) is 17.3 Å². The molecule has 3 aliphatic rings. The van der Waals surface area contributed by atoms with Gasteiger partial charge >= 0.3 is 0 Å². The van der Waals surface area contributed by atoms with E-state index in [9.17, 15) is 10.2 Å². The fraction of sp³-hybridized carbons (Fsp3) is 0.684. The first-order valence-corrected chi connectivity index (χ1v) is 8.51. The summed E-state index contributed by atoms with van der Waals surface area (Å²) in [6.07, 6.45) is 5.64. The van der Waals surface area contributed by atoms with Crippen molar-refractivity contribution >= 4 is 0 Å². The maximum Gasteiger partial charge on any atom is 0.115 e. The van der Waals surface area contributed by atoms with Crippen molar-refractivity contribution in [3.05, 3.63) is 29.3 Å². The van der Waals surface area contributed by atoms with Gasteiger partial charge in [-0.15, -0.1) is 0 Å². The molecule has 2 heteroatoms. The molecule has 0 heterocycles. The molecule has 3 aliphatic carbocycles. The van der Waals surface area contributed by atoms with Crippen LogP contribution in [0.5, 0.6) is 5.75 Å². The molecule has 4 rings (SSSR count). The van der Waals surface area contributed by atoms with E-state index in [1.54, 1.807) is 0 Å². The number of fused-ring (bicyclic) bond motifs is 5. The van der Waals surface area contributed by atoms with Crippen molar-refractivity contribution < 1.29 is 10.2 Å². The Morgan fingerprint density at radius 3 is 2.76 bits per heavy atom. The Labute approximate surface area is 127 Å². The second kappa shape index (κ2) is 4.49. The highest BCUT2D eigenvalue weighted by atomic mass is 16.3. The first kappa shape index (κ1) is 13.6. The van der Waals surface area contributed by atoms with Crippen molar-refractivity contribution in [3.63, 3.8) is 0 Å². The predicted octanol–water partition coefficient (Wildman–Crippen LogP) is 4.17. The lowest BCUT2D eigenvalue weighted by Gasteiger charge is -2.51. The Bertz CT molecular complexity index is 567. The molecule has 0 spiro atoms. The number of aromatic hydroxyl groups is 1. The number of hydrogen-bond acceptors (Lipinski definition) is 2. The molecular formula is C19H26O2. The quantitative estimate of drug-likeness (QED) is 0.751. The summed E-state index contributed by atoms with van der Waals surface area (Å²) >= 11 is 0. The summed E-state index contributed by atoms with van der Waals surface area (Å²) in [7, 11) is 0. The maximum absolute atomic E-state index is 10.4. The average molecular weight is 286 g/mol. The fourth-order valence-electron chi connectivity index (χ4n) is 5.84. The fourth-order valence-corrected chi connectivity index (χ4v) is 5.84. The van der Waals surface area contributed by atoms with Gasteiger partial charge in [-0.1, -0.05) is 19.9 Å². The van der Waals surface area contributed by atoms with Gasteiger partial charge in [0.05, 0.1) is 6.10 Å². The number of aliphatic hydroxyl groups excluding tert-OH is 1. The molecule has 2 N–H and O–H groups in total. The van der Waals surface area contributed by atoms with Gasteiger partial charge in [0.15, 0.2) is 0 Å². The van der Waals surface area contributed by atoms with E-state index in [1.165, 1.54) is 30.4 Å². The van der Waals surface area contributed by atoms with Crippen molar-refractivity contribution in [3.8, 4) is 5.75 Å². The molecule has 2 fully saturated rings. The molecule has 1 aromatic rings. The Morgan fingerprint density at radius 1 is 1.14 bits per heavy atom. The summed E-state index contributed by atoms with van der Waals surface area (Å²) in [6.45, 7) is 4.62. The molecule has 0 radical (unpaired) electrons. The van der Waals surface area contributed by atoms with Crippen LogP contribution in [0.2, 0.25) is 0 Å². The molecule has 1 aromatic carbocycles. The Kier molecular flexibility index (Phi) is 2.91. The zero-order valence-electron chi connectivity index (χ0n) is 13.0. The molecule has 5 unspecified atom stereocenters. The Hall–Kier alpha value is -1.02. The number of hydrogen-bond donors (Lipinski definition) is 2. The normalized spacial score (nSPS) is 44.8. The van der Waals surface area contributed by atoms with E-state index < -0.39 is 0 Å². The molecule has 0 bridgehead atoms. The number of aliphatic hydroxyl groups is 1. The first-order chi connectivity index (χ1) is 10.0. The predicted molar refractivity (Wildman–Crippen MR) is 83.4 cm³/mol. The van der Waals surface area contributed by atoms with Crippen LogP contribution in [0.25, 0.3) is 0 Å². The molecule has 0 aliphatic heterocycles. The summed E-state index contributed by atoms with van der Waals surface area (Å²) in [5, 5.41) is 20.2. The lowest BCUT2D eigenvalue weighted by molar-refractivity contribution is -0.0245. The zero-order valence-corrected chi connectivity index (χ0v) is 13.0. The van der Waals surface area contributed by atoms with Gasteiger partial charge in [0.2, 0.25) is 0 Å². The lowest BCUT2D eigenvalue weighted by atomic mass is 9.54. The topological polar surface area (TPSA) is 40.5 Å². The minimum absolute atomic E-state index is 0.0972. The van der Waals surface area contributed by atoms with Crippen LogP contribution < -0.4 is 0 Å². The monoisotopic (exact) mass is 286 g/mol. The second-order valence-corrected chi connectivity index (χ2v) is 7.96. The molecule has 0 amide bonds. The van der Waals surface area contributed by atoms with Crippen LogP contribution in [0.3, 0.4) is 0 Å². The molecule has 6 atom stereocenters. The van der Waals surface area contributed by atoms with E-state index in [0.717, 1.165) is 12.8 Å². The van der Waals surface area contributed by atoms with Gasteiger partial charge in [0, 0.05) is 0 Å². The molecule has 0 saturated heterocycles. The van der Waals surface area contributed by atoms with E-state index in [-0.39, 0.29) is 11.5 Å². The molecule has 2 nitrogen and oxygen atoms in total. The van der Waals surface area contributed by atoms with Crippen LogP contribution in [0.1, 0.15) is 68.9 Å². The van der Waals surface area contributed by atoms with Crippen LogP contribution >= 0.6 is 0 Å². The summed E-state index contributed by atoms with van der Waals surface area (Å²) in [6, 6.07) is 5.99. The summed E-state index contributed by atoms with van der Waals surface area (Å²) in [5.74, 6) is 2.95. The third-order valence-corrected chi connectivity index (χ3v) is 7.01. The standard InChI is InChI=1S/C19H26O2/c1-11-9-16-14(13-4-3-12(20)10-15(11)13)7-8-19(2)17(16)5-6-18(19)21/h3-4,10-11,14,16-18,20-21H,5-9H2,1-2H3/t11-,14?,16?,17?,18?,19?/m0/s1. The smallest absolute Gasteiger partial charge is 0.115 e. The van der Waals surface area contributed by atoms with Crippen molar-refractivity contribution in [1.82, 2.24) is 0 Å². The molecule has 114 valence electrons. The van der Waals surface area contributed by atoms with Crippen molar-refractivity contribution in [1.29, 1.82) is 0 Å². The third-order valence-electron chi connectivity index (χ3n) is 7.01. The first-order valence-electron chi connectivity index (χ1n) is 8.51. The van der Waals surface area contributed by atoms with Gasteiger partial charge in [-0.3, -0.25) is 0 Å². The van der Waals surface area contributed by atoms with Crippen LogP contribution in [-0.4, -0.2) is 16.3 Å². The molecule has 0 aromatic heterocycles. The van der Waals surface area contributed by atoms with Gasteiger partial charge in [0.1, 0.15) is 5.75 Å². The third kappa shape index (κ3) is 1.81. The zero-order chi connectivity index (χ0) is 14.8. The largest absolute Gasteiger partial charge is 0.508 e. The summed E-state index contributed by atoms with van der Waals surface area (Å²) < 4.78 is 0. The highest BCUT2D eigenvalue weighted by Gasteiger charge is 2.54. The number of rotatable bonds is 0. The van der Waals surface area contributed by atoms with Crippen LogP contribution in [-0.2, 0) is 0 Å². The van der Waals surface area contributed by atoms with Crippen molar-refractivity contribution in [2.24, 2.45) is 17.3 Å².